The van der Waals surface area contributed by atoms with E-state index in [1.54, 1.807) is 10.7 Å². The number of rotatable bonds is 7. The van der Waals surface area contributed by atoms with Crippen LogP contribution in [0.4, 0.5) is 20.7 Å². The van der Waals surface area contributed by atoms with Crippen LogP contribution < -0.4 is 10.6 Å². The number of aryl methyl sites for hydroxylation is 1. The van der Waals surface area contributed by atoms with Crippen molar-refractivity contribution in [2.24, 2.45) is 5.92 Å². The van der Waals surface area contributed by atoms with Crippen molar-refractivity contribution in [3.8, 4) is 5.69 Å². The van der Waals surface area contributed by atoms with Gasteiger partial charge in [-0.1, -0.05) is 62.7 Å². The van der Waals surface area contributed by atoms with Crippen LogP contribution in [-0.2, 0) is 23.1 Å². The molecule has 7 nitrogen and oxygen atoms in total. The summed E-state index contributed by atoms with van der Waals surface area (Å²) in [5.41, 5.74) is 5.36. The summed E-state index contributed by atoms with van der Waals surface area (Å²) in [7, 11) is 0. The van der Waals surface area contributed by atoms with Gasteiger partial charge in [0.2, 0.25) is 5.91 Å². The van der Waals surface area contributed by atoms with E-state index in [0.717, 1.165) is 65.9 Å². The lowest BCUT2D eigenvalue weighted by atomic mass is 9.85. The van der Waals surface area contributed by atoms with Crippen LogP contribution in [0, 0.1) is 18.7 Å². The van der Waals surface area contributed by atoms with Crippen molar-refractivity contribution in [1.29, 1.82) is 0 Å². The van der Waals surface area contributed by atoms with Gasteiger partial charge in [0.05, 0.1) is 17.8 Å². The minimum Gasteiger partial charge on any atom is -0.336 e. The molecule has 0 spiro atoms. The first-order valence-corrected chi connectivity index (χ1v) is 15.9. The second kappa shape index (κ2) is 12.5. The van der Waals surface area contributed by atoms with Gasteiger partial charge in [-0.3, -0.25) is 10.1 Å². The van der Waals surface area contributed by atoms with Crippen molar-refractivity contribution in [1.82, 2.24) is 14.7 Å². The smallest absolute Gasteiger partial charge is 0.324 e. The Kier molecular flexibility index (Phi) is 8.49. The summed E-state index contributed by atoms with van der Waals surface area (Å²) in [6, 6.07) is 24.5. The fourth-order valence-electron chi connectivity index (χ4n) is 6.88. The second-order valence-electron chi connectivity index (χ2n) is 13.7. The Balaban J connectivity index is 1.09. The number of carbonyl (C=O) groups excluding carboxylic acids is 2. The first kappa shape index (κ1) is 30.6. The molecule has 2 atom stereocenters. The molecule has 2 N–H and O–H groups in total. The monoisotopic (exact) mass is 607 g/mol. The number of anilines is 2. The van der Waals surface area contributed by atoms with E-state index in [2.05, 4.69) is 42.4 Å². The normalized spacial score (nSPS) is 19.4. The third kappa shape index (κ3) is 7.11. The summed E-state index contributed by atoms with van der Waals surface area (Å²) in [4.78, 5) is 28.5. The number of hydrogen-bond acceptors (Lipinski definition) is 3. The van der Waals surface area contributed by atoms with Gasteiger partial charge in [-0.25, -0.2) is 13.9 Å². The molecule has 2 unspecified atom stereocenters. The Hall–Kier alpha value is -4.46. The quantitative estimate of drug-likeness (QED) is 0.225. The van der Waals surface area contributed by atoms with E-state index in [-0.39, 0.29) is 41.7 Å². The number of hydrogen-bond donors (Lipinski definition) is 2. The number of nitrogens with one attached hydrogen (secondary N) is 2. The zero-order chi connectivity index (χ0) is 31.7. The predicted molar refractivity (Wildman–Crippen MR) is 176 cm³/mol. The predicted octanol–water partition coefficient (Wildman–Crippen LogP) is 7.82. The number of piperidine rings is 1. The van der Waals surface area contributed by atoms with Crippen LogP contribution >= 0.6 is 0 Å². The van der Waals surface area contributed by atoms with Crippen molar-refractivity contribution in [2.45, 2.75) is 83.7 Å². The molecule has 2 aliphatic heterocycles. The van der Waals surface area contributed by atoms with Crippen molar-refractivity contribution in [3.63, 3.8) is 0 Å². The molecule has 4 aromatic rings. The molecule has 0 radical (unpaired) electrons. The third-order valence-electron chi connectivity index (χ3n) is 9.07. The largest absolute Gasteiger partial charge is 0.336 e. The van der Waals surface area contributed by atoms with E-state index in [0.29, 0.717) is 11.7 Å². The zero-order valence-electron chi connectivity index (χ0n) is 26.5. The van der Waals surface area contributed by atoms with Crippen molar-refractivity contribution >= 4 is 23.4 Å². The number of halogens is 1. The van der Waals surface area contributed by atoms with Crippen LogP contribution in [0.1, 0.15) is 68.8 Å². The molecule has 2 bridgehead atoms. The molecule has 1 aromatic heterocycles. The van der Waals surface area contributed by atoms with Gasteiger partial charge in [0, 0.05) is 29.3 Å². The first-order chi connectivity index (χ1) is 21.5. The Morgan fingerprint density at radius 1 is 0.889 bits per heavy atom. The molecule has 3 amide bonds. The number of benzene rings is 3. The lowest BCUT2D eigenvalue weighted by Crippen LogP contribution is -2.47. The minimum atomic E-state index is -0.330. The number of nitrogens with zero attached hydrogens (tertiary/aromatic N) is 3. The van der Waals surface area contributed by atoms with Gasteiger partial charge >= 0.3 is 6.03 Å². The van der Waals surface area contributed by atoms with Gasteiger partial charge < -0.3 is 10.2 Å². The highest BCUT2D eigenvalue weighted by Crippen LogP contribution is 2.40. The summed E-state index contributed by atoms with van der Waals surface area (Å²) >= 11 is 0. The average molecular weight is 608 g/mol. The van der Waals surface area contributed by atoms with Crippen molar-refractivity contribution in [2.75, 3.05) is 10.6 Å². The van der Waals surface area contributed by atoms with E-state index < -0.39 is 0 Å². The van der Waals surface area contributed by atoms with Gasteiger partial charge in [0.25, 0.3) is 0 Å². The lowest BCUT2D eigenvalue weighted by molar-refractivity contribution is -0.135. The van der Waals surface area contributed by atoms with Gasteiger partial charge in [-0.2, -0.15) is 5.10 Å². The van der Waals surface area contributed by atoms with Gasteiger partial charge in [0.1, 0.15) is 11.6 Å². The van der Waals surface area contributed by atoms with E-state index in [4.69, 9.17) is 5.10 Å². The van der Waals surface area contributed by atoms with Crippen LogP contribution in [0.15, 0.2) is 78.9 Å². The highest BCUT2D eigenvalue weighted by molar-refractivity contribution is 5.99. The lowest BCUT2D eigenvalue weighted by Gasteiger charge is -2.39. The molecule has 0 aliphatic carbocycles. The summed E-state index contributed by atoms with van der Waals surface area (Å²) in [5, 5.41) is 10.8. The van der Waals surface area contributed by atoms with Crippen LogP contribution in [0.25, 0.3) is 5.69 Å². The van der Waals surface area contributed by atoms with Crippen LogP contribution in [-0.4, -0.2) is 38.7 Å². The number of fused-ring (bicyclic) bond motifs is 2. The second-order valence-corrected chi connectivity index (χ2v) is 13.7. The van der Waals surface area contributed by atoms with Crippen LogP contribution in [0.5, 0.6) is 0 Å². The Morgan fingerprint density at radius 2 is 1.58 bits per heavy atom. The average Bonchev–Trinajstić information content (AvgIpc) is 3.52. The number of amides is 3. The molecule has 8 heteroatoms. The molecule has 2 aliphatic rings. The summed E-state index contributed by atoms with van der Waals surface area (Å²) in [6.07, 6.45) is 5.10. The highest BCUT2D eigenvalue weighted by Gasteiger charge is 2.42. The fourth-order valence-corrected chi connectivity index (χ4v) is 6.88. The Labute approximate surface area is 264 Å². The maximum Gasteiger partial charge on any atom is 0.324 e. The number of carbonyl (C=O) groups is 2. The summed E-state index contributed by atoms with van der Waals surface area (Å²) in [6.45, 7) is 8.35. The minimum absolute atomic E-state index is 0.0992. The highest BCUT2D eigenvalue weighted by atomic mass is 19.1. The topological polar surface area (TPSA) is 79.3 Å². The molecule has 2 fully saturated rings. The van der Waals surface area contributed by atoms with Gasteiger partial charge in [-0.15, -0.1) is 0 Å². The number of aromatic nitrogens is 2. The van der Waals surface area contributed by atoms with E-state index in [9.17, 15) is 14.0 Å². The zero-order valence-corrected chi connectivity index (χ0v) is 26.5. The molecular weight excluding hydrogens is 565 g/mol. The molecule has 2 saturated heterocycles. The standard InChI is InChI=1S/C37H42FN5O2/c1-24-11-13-30(14-12-24)43-34(23-33(41-43)37(2,3)4)40-36(45)39-29-10-6-8-25(19-29)17-27-20-31-15-16-32(21-27)42(31)35(44)22-26-7-5-9-28(38)18-26/h5-14,18-19,23,27,31-32H,15-17,20-22H2,1-4H3,(H2,39,40,45). The Bertz CT molecular complexity index is 1680. The molecular formula is C37H42FN5O2. The summed E-state index contributed by atoms with van der Waals surface area (Å²) in [5.74, 6) is 0.859. The number of urea groups is 1. The molecule has 234 valence electrons. The van der Waals surface area contributed by atoms with E-state index in [1.807, 2.05) is 61.5 Å². The molecule has 45 heavy (non-hydrogen) atoms. The first-order valence-electron chi connectivity index (χ1n) is 15.9. The summed E-state index contributed by atoms with van der Waals surface area (Å²) < 4.78 is 15.4. The SMILES string of the molecule is Cc1ccc(-n2nc(C(C)(C)C)cc2NC(=O)Nc2cccc(CC3CC4CCC(C3)N4C(=O)Cc3cccc(F)c3)c2)cc1. The van der Waals surface area contributed by atoms with E-state index >= 15 is 0 Å². The van der Waals surface area contributed by atoms with E-state index in [1.165, 1.54) is 12.1 Å². The third-order valence-corrected chi connectivity index (χ3v) is 9.07. The van der Waals surface area contributed by atoms with Crippen molar-refractivity contribution < 1.29 is 14.0 Å². The maximum absolute atomic E-state index is 13.7. The van der Waals surface area contributed by atoms with Gasteiger partial charge in [0.15, 0.2) is 0 Å². The molecule has 3 aromatic carbocycles. The maximum atomic E-state index is 13.7. The van der Waals surface area contributed by atoms with Gasteiger partial charge in [-0.05, 0) is 92.5 Å². The Morgan fingerprint density at radius 3 is 2.27 bits per heavy atom. The molecule has 0 saturated carbocycles. The molecule has 3 heterocycles. The van der Waals surface area contributed by atoms with Crippen molar-refractivity contribution in [3.05, 3.63) is 107 Å². The van der Waals surface area contributed by atoms with Crippen LogP contribution in [0.2, 0.25) is 0 Å². The molecule has 6 rings (SSSR count). The van der Waals surface area contributed by atoms with Crippen LogP contribution in [0.3, 0.4) is 0 Å². The fraction of sp³-hybridized carbons (Fsp3) is 0.378.